The van der Waals surface area contributed by atoms with Crippen molar-refractivity contribution in [2.45, 2.75) is 27.2 Å². The summed E-state index contributed by atoms with van der Waals surface area (Å²) in [7, 11) is 0. The van der Waals surface area contributed by atoms with E-state index >= 15 is 0 Å². The Morgan fingerprint density at radius 3 is 2.71 bits per heavy atom. The van der Waals surface area contributed by atoms with Gasteiger partial charge >= 0.3 is 0 Å². The third-order valence-electron chi connectivity index (χ3n) is 1.46. The molecule has 3 nitrogen and oxygen atoms in total. The van der Waals surface area contributed by atoms with E-state index in [1.807, 2.05) is 6.92 Å². The van der Waals surface area contributed by atoms with Crippen molar-refractivity contribution in [2.24, 2.45) is 11.0 Å². The number of hydrazone groups is 1. The van der Waals surface area contributed by atoms with Gasteiger partial charge in [-0.15, -0.1) is 6.58 Å². The van der Waals surface area contributed by atoms with Crippen LogP contribution in [0.2, 0.25) is 0 Å². The molecule has 4 heteroatoms. The fourth-order valence-corrected chi connectivity index (χ4v) is 1.12. The molecule has 0 aromatic heterocycles. The minimum absolute atomic E-state index is 0.535. The van der Waals surface area contributed by atoms with Gasteiger partial charge in [-0.3, -0.25) is 5.43 Å². The second kappa shape index (κ2) is 7.50. The Morgan fingerprint density at radius 2 is 2.21 bits per heavy atom. The molecule has 0 unspecified atom stereocenters. The predicted octanol–water partition coefficient (Wildman–Crippen LogP) is 2.06. The van der Waals surface area contributed by atoms with Gasteiger partial charge in [-0.05, 0) is 31.5 Å². The average molecular weight is 213 g/mol. The molecule has 0 saturated carbocycles. The van der Waals surface area contributed by atoms with Crippen molar-refractivity contribution < 1.29 is 0 Å². The first kappa shape index (κ1) is 13.1. The van der Waals surface area contributed by atoms with Crippen LogP contribution in [0.5, 0.6) is 0 Å². The third kappa shape index (κ3) is 7.73. The molecular weight excluding hydrogens is 194 g/mol. The van der Waals surface area contributed by atoms with E-state index in [1.165, 1.54) is 0 Å². The van der Waals surface area contributed by atoms with Crippen LogP contribution < -0.4 is 10.7 Å². The molecule has 14 heavy (non-hydrogen) atoms. The van der Waals surface area contributed by atoms with Crippen LogP contribution in [0, 0.1) is 5.92 Å². The van der Waals surface area contributed by atoms with Crippen LogP contribution in [0.15, 0.2) is 17.8 Å². The molecule has 0 aliphatic carbocycles. The van der Waals surface area contributed by atoms with E-state index < -0.39 is 0 Å². The zero-order valence-electron chi connectivity index (χ0n) is 9.13. The maximum Gasteiger partial charge on any atom is 0.187 e. The standard InChI is InChI=1S/C10H19N3S/c1-5-6-11-10(14)13-12-9(4)7-8(2)3/h5,8H,1,6-7H2,2-4H3,(H2,11,13,14)/b12-9-. The highest BCUT2D eigenvalue weighted by atomic mass is 32.1. The van der Waals surface area contributed by atoms with E-state index in [0.29, 0.717) is 17.6 Å². The van der Waals surface area contributed by atoms with Crippen LogP contribution in [-0.2, 0) is 0 Å². The van der Waals surface area contributed by atoms with Crippen molar-refractivity contribution >= 4 is 23.0 Å². The molecule has 0 fully saturated rings. The first-order valence-electron chi connectivity index (χ1n) is 4.74. The minimum atomic E-state index is 0.535. The van der Waals surface area contributed by atoms with Gasteiger partial charge in [0.1, 0.15) is 0 Å². The van der Waals surface area contributed by atoms with E-state index in [9.17, 15) is 0 Å². The highest BCUT2D eigenvalue weighted by Crippen LogP contribution is 2.00. The summed E-state index contributed by atoms with van der Waals surface area (Å²) < 4.78 is 0. The molecule has 80 valence electrons. The molecule has 0 rings (SSSR count). The van der Waals surface area contributed by atoms with Gasteiger partial charge in [-0.25, -0.2) is 0 Å². The third-order valence-corrected chi connectivity index (χ3v) is 1.69. The Bertz CT molecular complexity index is 221. The fourth-order valence-electron chi connectivity index (χ4n) is 0.987. The summed E-state index contributed by atoms with van der Waals surface area (Å²) in [6.07, 6.45) is 2.73. The van der Waals surface area contributed by atoms with Crippen molar-refractivity contribution in [3.05, 3.63) is 12.7 Å². The Labute approximate surface area is 91.7 Å². The summed E-state index contributed by atoms with van der Waals surface area (Å²) in [6, 6.07) is 0. The van der Waals surface area contributed by atoms with Crippen molar-refractivity contribution in [3.63, 3.8) is 0 Å². The molecule has 0 radical (unpaired) electrons. The molecule has 0 aromatic carbocycles. The molecule has 0 amide bonds. The summed E-state index contributed by atoms with van der Waals surface area (Å²) in [5.74, 6) is 0.621. The molecule has 0 saturated heterocycles. The zero-order valence-corrected chi connectivity index (χ0v) is 9.95. The first-order valence-corrected chi connectivity index (χ1v) is 5.15. The molecule has 0 aliphatic heterocycles. The normalized spacial score (nSPS) is 11.3. The van der Waals surface area contributed by atoms with Crippen molar-refractivity contribution in [1.82, 2.24) is 10.7 Å². The van der Waals surface area contributed by atoms with Crippen LogP contribution >= 0.6 is 12.2 Å². The number of thiocarbonyl (C=S) groups is 1. The quantitative estimate of drug-likeness (QED) is 0.318. The molecule has 2 N–H and O–H groups in total. The topological polar surface area (TPSA) is 36.4 Å². The van der Waals surface area contributed by atoms with Gasteiger partial charge < -0.3 is 5.32 Å². The maximum absolute atomic E-state index is 4.97. The lowest BCUT2D eigenvalue weighted by molar-refractivity contribution is 0.679. The second-order valence-corrected chi connectivity index (χ2v) is 3.96. The molecule has 0 spiro atoms. The zero-order chi connectivity index (χ0) is 11.0. The van der Waals surface area contributed by atoms with E-state index in [0.717, 1.165) is 12.1 Å². The van der Waals surface area contributed by atoms with Crippen LogP contribution in [0.1, 0.15) is 27.2 Å². The summed E-state index contributed by atoms with van der Waals surface area (Å²) in [5, 5.41) is 7.62. The van der Waals surface area contributed by atoms with E-state index in [-0.39, 0.29) is 0 Å². The van der Waals surface area contributed by atoms with Crippen LogP contribution in [0.3, 0.4) is 0 Å². The first-order chi connectivity index (χ1) is 6.56. The Kier molecular flexibility index (Phi) is 7.02. The van der Waals surface area contributed by atoms with Gasteiger partial charge in [0.05, 0.1) is 0 Å². The van der Waals surface area contributed by atoms with Crippen LogP contribution in [0.25, 0.3) is 0 Å². The monoisotopic (exact) mass is 213 g/mol. The van der Waals surface area contributed by atoms with E-state index in [1.54, 1.807) is 6.08 Å². The Morgan fingerprint density at radius 1 is 1.57 bits per heavy atom. The minimum Gasteiger partial charge on any atom is -0.358 e. The molecule has 0 bridgehead atoms. The van der Waals surface area contributed by atoms with Gasteiger partial charge in [0.2, 0.25) is 0 Å². The van der Waals surface area contributed by atoms with Gasteiger partial charge in [-0.2, -0.15) is 5.10 Å². The summed E-state index contributed by atoms with van der Waals surface area (Å²) in [6.45, 7) is 10.5. The lowest BCUT2D eigenvalue weighted by Crippen LogP contribution is -2.32. The molecule has 0 heterocycles. The van der Waals surface area contributed by atoms with Gasteiger partial charge in [0.15, 0.2) is 5.11 Å². The van der Waals surface area contributed by atoms with Crippen molar-refractivity contribution in [3.8, 4) is 0 Å². The largest absolute Gasteiger partial charge is 0.358 e. The number of hydrogen-bond acceptors (Lipinski definition) is 2. The van der Waals surface area contributed by atoms with Gasteiger partial charge in [-0.1, -0.05) is 19.9 Å². The number of nitrogens with one attached hydrogen (secondary N) is 2. The fraction of sp³-hybridized carbons (Fsp3) is 0.600. The van der Waals surface area contributed by atoms with E-state index in [4.69, 9.17) is 12.2 Å². The highest BCUT2D eigenvalue weighted by molar-refractivity contribution is 7.80. The summed E-state index contributed by atoms with van der Waals surface area (Å²) >= 11 is 4.97. The van der Waals surface area contributed by atoms with E-state index in [2.05, 4.69) is 36.3 Å². The van der Waals surface area contributed by atoms with Crippen molar-refractivity contribution in [2.75, 3.05) is 6.54 Å². The molecule has 0 aliphatic rings. The molecule has 0 atom stereocenters. The molecular formula is C10H19N3S. The summed E-state index contributed by atoms with van der Waals surface area (Å²) in [4.78, 5) is 0. The highest BCUT2D eigenvalue weighted by Gasteiger charge is 1.97. The smallest absolute Gasteiger partial charge is 0.187 e. The van der Waals surface area contributed by atoms with Gasteiger partial charge in [0, 0.05) is 12.3 Å². The Hall–Kier alpha value is -0.900. The lowest BCUT2D eigenvalue weighted by atomic mass is 10.1. The second-order valence-electron chi connectivity index (χ2n) is 3.56. The van der Waals surface area contributed by atoms with Crippen LogP contribution in [0.4, 0.5) is 0 Å². The lowest BCUT2D eigenvalue weighted by Gasteiger charge is -2.07. The van der Waals surface area contributed by atoms with Crippen LogP contribution in [-0.4, -0.2) is 17.4 Å². The number of nitrogens with zero attached hydrogens (tertiary/aromatic N) is 1. The predicted molar refractivity (Wildman–Crippen MR) is 66.5 cm³/mol. The van der Waals surface area contributed by atoms with Crippen molar-refractivity contribution in [1.29, 1.82) is 0 Å². The summed E-state index contributed by atoms with van der Waals surface area (Å²) in [5.41, 5.74) is 3.84. The number of rotatable bonds is 5. The van der Waals surface area contributed by atoms with Gasteiger partial charge in [0.25, 0.3) is 0 Å². The number of hydrogen-bond donors (Lipinski definition) is 2. The average Bonchev–Trinajstić information content (AvgIpc) is 2.10. The maximum atomic E-state index is 4.97. The molecule has 0 aromatic rings. The Balaban J connectivity index is 3.77. The SMILES string of the molecule is C=CCNC(=S)N/N=C(/C)CC(C)C.